The molecule has 1 heterocycles. The molecule has 10 heavy (non-hydrogen) atoms. The first-order valence-electron chi connectivity index (χ1n) is 2.76. The molecule has 0 fully saturated rings. The highest BCUT2D eigenvalue weighted by atomic mass is 32.1. The number of thiophene rings is 1. The standard InChI is InChI=1S/C4H6O.C4H4S/c1-3-5-4-2;1-2-4-5-3-1/h3-4H,1-2H2;1-4H. The van der Waals surface area contributed by atoms with Gasteiger partial charge in [0.15, 0.2) is 0 Å². The van der Waals surface area contributed by atoms with E-state index in [1.165, 1.54) is 12.5 Å². The largest absolute Gasteiger partial charge is 0.474 e. The Morgan fingerprint density at radius 1 is 1.10 bits per heavy atom. The normalized spacial score (nSPS) is 6.80. The summed E-state index contributed by atoms with van der Waals surface area (Å²) in [5, 5.41) is 4.08. The van der Waals surface area contributed by atoms with Crippen LogP contribution in [-0.4, -0.2) is 0 Å². The maximum atomic E-state index is 4.36. The summed E-state index contributed by atoms with van der Waals surface area (Å²) in [7, 11) is 0. The minimum atomic E-state index is 1.31. The summed E-state index contributed by atoms with van der Waals surface area (Å²) < 4.78 is 4.36. The van der Waals surface area contributed by atoms with Gasteiger partial charge in [-0.25, -0.2) is 0 Å². The second-order valence-electron chi connectivity index (χ2n) is 1.26. The van der Waals surface area contributed by atoms with Crippen molar-refractivity contribution >= 4 is 11.3 Å². The summed E-state index contributed by atoms with van der Waals surface area (Å²) in [5.74, 6) is 0. The summed E-state index contributed by atoms with van der Waals surface area (Å²) in [6, 6.07) is 4.04. The van der Waals surface area contributed by atoms with Gasteiger partial charge in [-0.3, -0.25) is 0 Å². The van der Waals surface area contributed by atoms with Crippen molar-refractivity contribution < 1.29 is 4.74 Å². The van der Waals surface area contributed by atoms with E-state index in [4.69, 9.17) is 0 Å². The first-order valence-corrected chi connectivity index (χ1v) is 3.70. The molecule has 1 rings (SSSR count). The molecule has 0 aliphatic heterocycles. The fourth-order valence-corrected chi connectivity index (χ4v) is 0.748. The van der Waals surface area contributed by atoms with Crippen LogP contribution in [0.1, 0.15) is 0 Å². The molecule has 0 N–H and O–H groups in total. The molecule has 0 amide bonds. The van der Waals surface area contributed by atoms with Gasteiger partial charge < -0.3 is 4.74 Å². The number of hydrogen-bond acceptors (Lipinski definition) is 2. The van der Waals surface area contributed by atoms with Crippen LogP contribution in [-0.2, 0) is 4.74 Å². The molecule has 0 saturated heterocycles. The van der Waals surface area contributed by atoms with E-state index in [0.717, 1.165) is 0 Å². The highest BCUT2D eigenvalue weighted by Gasteiger charge is 1.58. The van der Waals surface area contributed by atoms with Crippen LogP contribution in [0.3, 0.4) is 0 Å². The Kier molecular flexibility index (Phi) is 7.17. The molecule has 0 radical (unpaired) electrons. The van der Waals surface area contributed by atoms with Crippen molar-refractivity contribution in [2.24, 2.45) is 0 Å². The van der Waals surface area contributed by atoms with Crippen molar-refractivity contribution in [2.45, 2.75) is 0 Å². The predicted molar refractivity (Wildman–Crippen MR) is 45.8 cm³/mol. The molecule has 0 aromatic carbocycles. The first kappa shape index (κ1) is 8.98. The van der Waals surface area contributed by atoms with Crippen LogP contribution < -0.4 is 0 Å². The zero-order valence-corrected chi connectivity index (χ0v) is 6.51. The van der Waals surface area contributed by atoms with E-state index in [0.29, 0.717) is 0 Å². The van der Waals surface area contributed by atoms with Crippen LogP contribution in [0.4, 0.5) is 0 Å². The molecule has 0 saturated carbocycles. The van der Waals surface area contributed by atoms with E-state index in [9.17, 15) is 0 Å². The molecule has 0 aliphatic rings. The molecular formula is C8H10OS. The molecule has 1 aromatic rings. The van der Waals surface area contributed by atoms with Gasteiger partial charge in [0.05, 0.1) is 12.5 Å². The topological polar surface area (TPSA) is 9.23 Å². The highest BCUT2D eigenvalue weighted by Crippen LogP contribution is 1.91. The summed E-state index contributed by atoms with van der Waals surface area (Å²) in [6.45, 7) is 6.51. The van der Waals surface area contributed by atoms with Gasteiger partial charge >= 0.3 is 0 Å². The van der Waals surface area contributed by atoms with Crippen LogP contribution in [0.25, 0.3) is 0 Å². The van der Waals surface area contributed by atoms with Crippen molar-refractivity contribution in [3.8, 4) is 0 Å². The molecule has 54 valence electrons. The van der Waals surface area contributed by atoms with E-state index < -0.39 is 0 Å². The average Bonchev–Trinajstić information content (AvgIpc) is 2.44. The second-order valence-corrected chi connectivity index (χ2v) is 2.08. The minimum absolute atomic E-state index is 1.31. The Morgan fingerprint density at radius 3 is 1.70 bits per heavy atom. The van der Waals surface area contributed by atoms with E-state index in [2.05, 4.69) is 17.9 Å². The summed E-state index contributed by atoms with van der Waals surface area (Å²) in [6.07, 6.45) is 2.62. The fourth-order valence-electron chi connectivity index (χ4n) is 0.295. The van der Waals surface area contributed by atoms with Gasteiger partial charge in [-0.1, -0.05) is 25.3 Å². The lowest BCUT2D eigenvalue weighted by Gasteiger charge is -1.76. The third-order valence-electron chi connectivity index (χ3n) is 0.618. The van der Waals surface area contributed by atoms with Gasteiger partial charge in [0.2, 0.25) is 0 Å². The lowest BCUT2D eigenvalue weighted by molar-refractivity contribution is 0.406. The van der Waals surface area contributed by atoms with Gasteiger partial charge in [-0.2, -0.15) is 11.3 Å². The summed E-state index contributed by atoms with van der Waals surface area (Å²) in [5.41, 5.74) is 0. The van der Waals surface area contributed by atoms with Crippen molar-refractivity contribution in [1.29, 1.82) is 0 Å². The Balaban J connectivity index is 0.000000162. The van der Waals surface area contributed by atoms with E-state index in [1.807, 2.05) is 22.9 Å². The third-order valence-corrected chi connectivity index (χ3v) is 1.25. The number of hydrogen-bond donors (Lipinski definition) is 0. The quantitative estimate of drug-likeness (QED) is 0.595. The lowest BCUT2D eigenvalue weighted by atomic mass is 10.7. The molecule has 0 aliphatic carbocycles. The molecule has 0 bridgehead atoms. The van der Waals surface area contributed by atoms with Crippen molar-refractivity contribution in [2.75, 3.05) is 0 Å². The Bertz CT molecular complexity index is 133. The molecule has 1 aromatic heterocycles. The predicted octanol–water partition coefficient (Wildman–Crippen LogP) is 3.04. The summed E-state index contributed by atoms with van der Waals surface area (Å²) >= 11 is 1.71. The van der Waals surface area contributed by atoms with Gasteiger partial charge in [0.25, 0.3) is 0 Å². The maximum Gasteiger partial charge on any atom is 0.0829 e. The van der Waals surface area contributed by atoms with Gasteiger partial charge in [-0.05, 0) is 10.8 Å². The van der Waals surface area contributed by atoms with Crippen LogP contribution in [0.5, 0.6) is 0 Å². The van der Waals surface area contributed by atoms with Crippen LogP contribution >= 0.6 is 11.3 Å². The van der Waals surface area contributed by atoms with Gasteiger partial charge in [0.1, 0.15) is 0 Å². The molecule has 0 atom stereocenters. The van der Waals surface area contributed by atoms with Crippen molar-refractivity contribution in [3.05, 3.63) is 48.6 Å². The SMILES string of the molecule is C=COC=C.c1ccsc1. The monoisotopic (exact) mass is 154 g/mol. The smallest absolute Gasteiger partial charge is 0.0829 e. The van der Waals surface area contributed by atoms with Crippen LogP contribution in [0.15, 0.2) is 48.6 Å². The highest BCUT2D eigenvalue weighted by molar-refractivity contribution is 7.07. The molecule has 2 heteroatoms. The van der Waals surface area contributed by atoms with E-state index >= 15 is 0 Å². The second kappa shape index (κ2) is 7.98. The first-order chi connectivity index (χ1) is 4.91. The molecule has 1 nitrogen and oxygen atoms in total. The Hall–Kier alpha value is -1.02. The fraction of sp³-hybridized carbons (Fsp3) is 0. The van der Waals surface area contributed by atoms with E-state index in [1.54, 1.807) is 11.3 Å². The third kappa shape index (κ3) is 6.98. The minimum Gasteiger partial charge on any atom is -0.474 e. The molecule has 0 unspecified atom stereocenters. The zero-order chi connectivity index (χ0) is 7.66. The Morgan fingerprint density at radius 2 is 1.60 bits per heavy atom. The zero-order valence-electron chi connectivity index (χ0n) is 5.69. The van der Waals surface area contributed by atoms with E-state index in [-0.39, 0.29) is 0 Å². The molecule has 0 spiro atoms. The van der Waals surface area contributed by atoms with Crippen LogP contribution in [0, 0.1) is 0 Å². The average molecular weight is 154 g/mol. The summed E-state index contributed by atoms with van der Waals surface area (Å²) in [4.78, 5) is 0. The van der Waals surface area contributed by atoms with Gasteiger partial charge in [0, 0.05) is 0 Å². The maximum absolute atomic E-state index is 4.36. The lowest BCUT2D eigenvalue weighted by Crippen LogP contribution is -1.52. The van der Waals surface area contributed by atoms with Gasteiger partial charge in [-0.15, -0.1) is 0 Å². The Labute approximate surface area is 65.3 Å². The number of ether oxygens (including phenoxy) is 1. The van der Waals surface area contributed by atoms with Crippen molar-refractivity contribution in [3.63, 3.8) is 0 Å². The number of rotatable bonds is 2. The van der Waals surface area contributed by atoms with Crippen molar-refractivity contribution in [1.82, 2.24) is 0 Å². The molecular weight excluding hydrogens is 144 g/mol. The van der Waals surface area contributed by atoms with Crippen LogP contribution in [0.2, 0.25) is 0 Å².